The molecule has 19 heavy (non-hydrogen) atoms. The van der Waals surface area contributed by atoms with Crippen molar-refractivity contribution in [1.82, 2.24) is 9.96 Å². The molecule has 0 spiro atoms. The third-order valence-electron chi connectivity index (χ3n) is 2.74. The van der Waals surface area contributed by atoms with Crippen LogP contribution in [0.2, 0.25) is 10.0 Å². The summed E-state index contributed by atoms with van der Waals surface area (Å²) in [6, 6.07) is 4.55. The van der Waals surface area contributed by atoms with E-state index in [2.05, 4.69) is 4.74 Å². The van der Waals surface area contributed by atoms with Gasteiger partial charge in [-0.1, -0.05) is 29.3 Å². The van der Waals surface area contributed by atoms with E-state index in [-0.39, 0.29) is 11.6 Å². The fraction of sp³-hybridized carbons (Fsp3) is 0.273. The van der Waals surface area contributed by atoms with Gasteiger partial charge in [0.1, 0.15) is 6.54 Å². The van der Waals surface area contributed by atoms with E-state index in [1.807, 2.05) is 0 Å². The number of amides is 2. The molecule has 0 unspecified atom stereocenters. The summed E-state index contributed by atoms with van der Waals surface area (Å²) >= 11 is 11.8. The van der Waals surface area contributed by atoms with Crippen LogP contribution >= 0.6 is 23.2 Å². The molecular weight excluding hydrogens is 295 g/mol. The zero-order valence-electron chi connectivity index (χ0n) is 9.84. The van der Waals surface area contributed by atoms with E-state index < -0.39 is 18.2 Å². The van der Waals surface area contributed by atoms with Crippen molar-refractivity contribution < 1.29 is 19.5 Å². The maximum Gasteiger partial charge on any atom is 0.411 e. The normalized spacial score (nSPS) is 18.9. The predicted molar refractivity (Wildman–Crippen MR) is 66.9 cm³/mol. The lowest BCUT2D eigenvalue weighted by molar-refractivity contribution is -0.169. The molecule has 0 aliphatic carbocycles. The quantitative estimate of drug-likeness (QED) is 0.808. The predicted octanol–water partition coefficient (Wildman–Crippen LogP) is 2.29. The molecule has 2 rings (SSSR count). The third kappa shape index (κ3) is 2.47. The molecule has 1 heterocycles. The molecule has 1 atom stereocenters. The molecular formula is C11H10Cl2N2O4. The zero-order chi connectivity index (χ0) is 14.2. The van der Waals surface area contributed by atoms with Gasteiger partial charge in [0, 0.05) is 15.6 Å². The van der Waals surface area contributed by atoms with Crippen LogP contribution in [-0.2, 0) is 9.53 Å². The van der Waals surface area contributed by atoms with Crippen LogP contribution in [0.1, 0.15) is 11.7 Å². The van der Waals surface area contributed by atoms with Crippen molar-refractivity contribution in [2.75, 3.05) is 13.7 Å². The first-order chi connectivity index (χ1) is 8.95. The number of hydroxylamine groups is 2. The second-order valence-electron chi connectivity index (χ2n) is 3.88. The minimum absolute atomic E-state index is 0.236. The van der Waals surface area contributed by atoms with E-state index in [0.29, 0.717) is 15.6 Å². The van der Waals surface area contributed by atoms with Gasteiger partial charge in [-0.2, -0.15) is 5.06 Å². The van der Waals surface area contributed by atoms with Crippen LogP contribution in [0.3, 0.4) is 0 Å². The summed E-state index contributed by atoms with van der Waals surface area (Å²) in [5, 5.41) is 10.9. The SMILES string of the molecule is COC(=O)N1CC(=O)N(O)[C@H]1c1ccc(Cl)cc1Cl. The maximum atomic E-state index is 11.6. The monoisotopic (exact) mass is 304 g/mol. The van der Waals surface area contributed by atoms with E-state index in [9.17, 15) is 14.8 Å². The smallest absolute Gasteiger partial charge is 0.411 e. The second-order valence-corrected chi connectivity index (χ2v) is 4.72. The molecule has 1 aromatic rings. The van der Waals surface area contributed by atoms with Crippen molar-refractivity contribution >= 4 is 35.2 Å². The Bertz CT molecular complexity index is 537. The average Bonchev–Trinajstić information content (AvgIpc) is 2.66. The van der Waals surface area contributed by atoms with E-state index >= 15 is 0 Å². The minimum atomic E-state index is -1.02. The van der Waals surface area contributed by atoms with E-state index in [0.717, 1.165) is 4.90 Å². The third-order valence-corrected chi connectivity index (χ3v) is 3.30. The number of hydrogen-bond donors (Lipinski definition) is 1. The summed E-state index contributed by atoms with van der Waals surface area (Å²) in [5.74, 6) is -0.624. The van der Waals surface area contributed by atoms with Gasteiger partial charge in [-0.25, -0.2) is 4.79 Å². The summed E-state index contributed by atoms with van der Waals surface area (Å²) in [6.07, 6.45) is -1.76. The lowest BCUT2D eigenvalue weighted by Crippen LogP contribution is -2.34. The highest BCUT2D eigenvalue weighted by molar-refractivity contribution is 6.35. The van der Waals surface area contributed by atoms with Crippen LogP contribution < -0.4 is 0 Å². The Labute approximate surface area is 119 Å². The summed E-state index contributed by atoms with van der Waals surface area (Å²) < 4.78 is 4.57. The van der Waals surface area contributed by atoms with Gasteiger partial charge in [0.25, 0.3) is 5.91 Å². The van der Waals surface area contributed by atoms with Gasteiger partial charge in [0.2, 0.25) is 0 Å². The largest absolute Gasteiger partial charge is 0.453 e. The number of carbonyl (C=O) groups excluding carboxylic acids is 2. The van der Waals surface area contributed by atoms with Crippen LogP contribution in [0.5, 0.6) is 0 Å². The van der Waals surface area contributed by atoms with Crippen molar-refractivity contribution in [3.05, 3.63) is 33.8 Å². The molecule has 0 saturated carbocycles. The van der Waals surface area contributed by atoms with Gasteiger partial charge in [-0.15, -0.1) is 0 Å². The summed E-state index contributed by atoms with van der Waals surface area (Å²) in [4.78, 5) is 24.2. The van der Waals surface area contributed by atoms with Crippen LogP contribution in [0, 0.1) is 0 Å². The minimum Gasteiger partial charge on any atom is -0.453 e. The lowest BCUT2D eigenvalue weighted by Gasteiger charge is -2.26. The molecule has 2 amide bonds. The summed E-state index contributed by atoms with van der Waals surface area (Å²) in [5.41, 5.74) is 0.379. The van der Waals surface area contributed by atoms with E-state index in [4.69, 9.17) is 23.2 Å². The molecule has 6 nitrogen and oxygen atoms in total. The van der Waals surface area contributed by atoms with Gasteiger partial charge in [-0.3, -0.25) is 14.9 Å². The molecule has 1 N–H and O–H groups in total. The molecule has 0 aromatic heterocycles. The highest BCUT2D eigenvalue weighted by Gasteiger charge is 2.42. The van der Waals surface area contributed by atoms with Gasteiger partial charge in [0.15, 0.2) is 6.17 Å². The molecule has 1 aromatic carbocycles. The fourth-order valence-corrected chi connectivity index (χ4v) is 2.37. The molecule has 8 heteroatoms. The number of rotatable bonds is 1. The van der Waals surface area contributed by atoms with Gasteiger partial charge in [-0.05, 0) is 12.1 Å². The van der Waals surface area contributed by atoms with Crippen molar-refractivity contribution in [2.24, 2.45) is 0 Å². The summed E-state index contributed by atoms with van der Waals surface area (Å²) in [6.45, 7) is -0.285. The number of carbonyl (C=O) groups is 2. The number of halogens is 2. The average molecular weight is 305 g/mol. The van der Waals surface area contributed by atoms with Crippen molar-refractivity contribution in [2.45, 2.75) is 6.17 Å². The number of nitrogens with zero attached hydrogens (tertiary/aromatic N) is 2. The molecule has 0 bridgehead atoms. The topological polar surface area (TPSA) is 70.1 Å². The molecule has 0 radical (unpaired) electrons. The molecule has 1 saturated heterocycles. The Morgan fingerprint density at radius 1 is 1.47 bits per heavy atom. The first kappa shape index (κ1) is 13.9. The first-order valence-electron chi connectivity index (χ1n) is 5.26. The number of benzene rings is 1. The van der Waals surface area contributed by atoms with Crippen LogP contribution in [-0.4, -0.2) is 40.8 Å². The number of hydrogen-bond acceptors (Lipinski definition) is 4. The first-order valence-corrected chi connectivity index (χ1v) is 6.01. The van der Waals surface area contributed by atoms with Gasteiger partial charge < -0.3 is 4.74 Å². The maximum absolute atomic E-state index is 11.6. The molecule has 1 aliphatic heterocycles. The van der Waals surface area contributed by atoms with Gasteiger partial charge in [0.05, 0.1) is 7.11 Å². The van der Waals surface area contributed by atoms with Crippen molar-refractivity contribution in [3.8, 4) is 0 Å². The summed E-state index contributed by atoms with van der Waals surface area (Å²) in [7, 11) is 1.19. The van der Waals surface area contributed by atoms with Crippen LogP contribution in [0.4, 0.5) is 4.79 Å². The van der Waals surface area contributed by atoms with Crippen LogP contribution in [0.25, 0.3) is 0 Å². The zero-order valence-corrected chi connectivity index (χ0v) is 11.4. The Hall–Kier alpha value is -1.50. The van der Waals surface area contributed by atoms with E-state index in [1.165, 1.54) is 19.2 Å². The van der Waals surface area contributed by atoms with Gasteiger partial charge >= 0.3 is 6.09 Å². The lowest BCUT2D eigenvalue weighted by atomic mass is 10.1. The van der Waals surface area contributed by atoms with Crippen LogP contribution in [0.15, 0.2) is 18.2 Å². The molecule has 102 valence electrons. The molecule has 1 fully saturated rings. The number of methoxy groups -OCH3 is 1. The van der Waals surface area contributed by atoms with E-state index in [1.54, 1.807) is 6.07 Å². The second kappa shape index (κ2) is 5.24. The number of ether oxygens (including phenoxy) is 1. The Morgan fingerprint density at radius 2 is 2.16 bits per heavy atom. The fourth-order valence-electron chi connectivity index (χ4n) is 1.87. The van der Waals surface area contributed by atoms with Crippen molar-refractivity contribution in [3.63, 3.8) is 0 Å². The van der Waals surface area contributed by atoms with Crippen molar-refractivity contribution in [1.29, 1.82) is 0 Å². The Kier molecular flexibility index (Phi) is 3.84. The highest BCUT2D eigenvalue weighted by Crippen LogP contribution is 2.35. The molecule has 1 aliphatic rings. The Balaban J connectivity index is 2.44. The Morgan fingerprint density at radius 3 is 2.74 bits per heavy atom. The standard InChI is InChI=1S/C11H10Cl2N2O4/c1-19-11(17)14-5-9(16)15(18)10(14)7-3-2-6(12)4-8(7)13/h2-4,10,18H,5H2,1H3/t10-/m0/s1. The highest BCUT2D eigenvalue weighted by atomic mass is 35.5.